The first kappa shape index (κ1) is 20.9. The van der Waals surface area contributed by atoms with Crippen LogP contribution in [0.3, 0.4) is 0 Å². The van der Waals surface area contributed by atoms with E-state index in [4.69, 9.17) is 9.15 Å². The first-order chi connectivity index (χ1) is 14.1. The number of ether oxygens (including phenoxy) is 1. The zero-order valence-electron chi connectivity index (χ0n) is 18.7. The summed E-state index contributed by atoms with van der Waals surface area (Å²) >= 11 is 0. The number of rotatable bonds is 6. The lowest BCUT2D eigenvalue weighted by atomic mass is 9.48. The molecule has 2 aliphatic rings. The number of likely N-dealkylation sites (tertiary alicyclic amines) is 1. The Morgan fingerprint density at radius 1 is 1.30 bits per heavy atom. The van der Waals surface area contributed by atoms with Crippen LogP contribution in [0.4, 0.5) is 0 Å². The highest BCUT2D eigenvalue weighted by molar-refractivity contribution is 5.97. The zero-order valence-corrected chi connectivity index (χ0v) is 18.7. The Morgan fingerprint density at radius 2 is 2.07 bits per heavy atom. The molecule has 2 atom stereocenters. The summed E-state index contributed by atoms with van der Waals surface area (Å²) in [4.78, 5) is 30.0. The molecule has 1 saturated carbocycles. The van der Waals surface area contributed by atoms with Gasteiger partial charge in [-0.2, -0.15) is 0 Å². The Balaban J connectivity index is 1.60. The number of carbonyl (C=O) groups is 1. The van der Waals surface area contributed by atoms with E-state index in [1.165, 1.54) is 0 Å². The van der Waals surface area contributed by atoms with Gasteiger partial charge in [0.1, 0.15) is 16.9 Å². The van der Waals surface area contributed by atoms with Crippen molar-refractivity contribution < 1.29 is 13.9 Å². The zero-order chi connectivity index (χ0) is 21.7. The van der Waals surface area contributed by atoms with Gasteiger partial charge in [0, 0.05) is 36.5 Å². The van der Waals surface area contributed by atoms with E-state index in [0.717, 1.165) is 24.8 Å². The maximum atomic E-state index is 13.3. The Labute approximate surface area is 177 Å². The third-order valence-electron chi connectivity index (χ3n) is 6.73. The summed E-state index contributed by atoms with van der Waals surface area (Å²) in [6.07, 6.45) is 2.00. The van der Waals surface area contributed by atoms with Gasteiger partial charge in [-0.15, -0.1) is 0 Å². The van der Waals surface area contributed by atoms with E-state index >= 15 is 0 Å². The van der Waals surface area contributed by atoms with Crippen LogP contribution >= 0.6 is 0 Å². The fourth-order valence-corrected chi connectivity index (χ4v) is 5.84. The second-order valence-corrected chi connectivity index (χ2v) is 10.00. The first-order valence-electron chi connectivity index (χ1n) is 10.8. The van der Waals surface area contributed by atoms with E-state index in [2.05, 4.69) is 32.8 Å². The topological polar surface area (TPSA) is 63.0 Å². The van der Waals surface area contributed by atoms with E-state index in [1.807, 2.05) is 24.0 Å². The normalized spacial score (nSPS) is 24.7. The van der Waals surface area contributed by atoms with Crippen LogP contribution in [0.15, 0.2) is 33.5 Å². The smallest absolute Gasteiger partial charge is 0.349 e. The average Bonchev–Trinajstić information content (AvgIpc) is 2.98. The van der Waals surface area contributed by atoms with Gasteiger partial charge in [-0.3, -0.25) is 4.79 Å². The van der Waals surface area contributed by atoms with Gasteiger partial charge in [-0.05, 0) is 56.5 Å². The molecule has 1 aliphatic carbocycles. The number of nitrogens with zero attached hydrogens (tertiary/aromatic N) is 2. The number of benzene rings is 1. The van der Waals surface area contributed by atoms with Crippen LogP contribution in [-0.2, 0) is 0 Å². The summed E-state index contributed by atoms with van der Waals surface area (Å²) in [6, 6.07) is 7.06. The molecule has 1 aromatic heterocycles. The average molecular weight is 413 g/mol. The highest BCUT2D eigenvalue weighted by atomic mass is 16.5. The van der Waals surface area contributed by atoms with Gasteiger partial charge in [-0.25, -0.2) is 4.79 Å². The minimum atomic E-state index is -0.583. The SMILES string of the molecule is CCCOc1ccc2cc(C(=O)N3C[C@@H]4C(C)(C)C[C@]4(CN(C)C)C3)c(=O)oc2c1. The second kappa shape index (κ2) is 7.41. The van der Waals surface area contributed by atoms with E-state index in [1.54, 1.807) is 12.1 Å². The van der Waals surface area contributed by atoms with Crippen LogP contribution in [-0.4, -0.2) is 56.0 Å². The number of fused-ring (bicyclic) bond motifs is 2. The molecule has 0 N–H and O–H groups in total. The maximum absolute atomic E-state index is 13.3. The molecular weight excluding hydrogens is 380 g/mol. The van der Waals surface area contributed by atoms with Gasteiger partial charge in [0.25, 0.3) is 5.91 Å². The van der Waals surface area contributed by atoms with Crippen molar-refractivity contribution in [3.63, 3.8) is 0 Å². The van der Waals surface area contributed by atoms with E-state index in [9.17, 15) is 9.59 Å². The van der Waals surface area contributed by atoms with Crippen molar-refractivity contribution in [2.24, 2.45) is 16.7 Å². The predicted molar refractivity (Wildman–Crippen MR) is 117 cm³/mol. The Kier molecular flexibility index (Phi) is 5.17. The maximum Gasteiger partial charge on any atom is 0.349 e. The molecule has 0 bridgehead atoms. The van der Waals surface area contributed by atoms with Gasteiger partial charge in [0.15, 0.2) is 0 Å². The quantitative estimate of drug-likeness (QED) is 0.678. The van der Waals surface area contributed by atoms with Crippen LogP contribution in [0.25, 0.3) is 11.0 Å². The van der Waals surface area contributed by atoms with Crippen molar-refractivity contribution in [2.75, 3.05) is 40.3 Å². The lowest BCUT2D eigenvalue weighted by molar-refractivity contribution is -0.0789. The molecule has 1 amide bonds. The molecule has 1 aromatic carbocycles. The molecule has 2 heterocycles. The predicted octanol–water partition coefficient (Wildman–Crippen LogP) is 3.63. The number of hydrogen-bond acceptors (Lipinski definition) is 5. The molecule has 0 unspecified atom stereocenters. The fourth-order valence-electron chi connectivity index (χ4n) is 5.84. The molecule has 1 saturated heterocycles. The molecule has 4 rings (SSSR count). The van der Waals surface area contributed by atoms with Crippen molar-refractivity contribution in [2.45, 2.75) is 33.6 Å². The van der Waals surface area contributed by atoms with Crippen LogP contribution in [0.2, 0.25) is 0 Å². The molecule has 2 fully saturated rings. The van der Waals surface area contributed by atoms with Crippen LogP contribution in [0, 0.1) is 16.7 Å². The molecule has 162 valence electrons. The van der Waals surface area contributed by atoms with E-state index in [0.29, 0.717) is 36.9 Å². The molecule has 1 aliphatic heterocycles. The van der Waals surface area contributed by atoms with Crippen LogP contribution in [0.5, 0.6) is 5.75 Å². The fraction of sp³-hybridized carbons (Fsp3) is 0.583. The van der Waals surface area contributed by atoms with Crippen molar-refractivity contribution in [3.8, 4) is 5.75 Å². The summed E-state index contributed by atoms with van der Waals surface area (Å²) < 4.78 is 11.1. The van der Waals surface area contributed by atoms with Gasteiger partial charge in [-0.1, -0.05) is 20.8 Å². The summed E-state index contributed by atoms with van der Waals surface area (Å²) in [7, 11) is 4.16. The molecule has 6 heteroatoms. The monoisotopic (exact) mass is 412 g/mol. The van der Waals surface area contributed by atoms with Gasteiger partial charge in [0.05, 0.1) is 6.61 Å². The Morgan fingerprint density at radius 3 is 2.73 bits per heavy atom. The largest absolute Gasteiger partial charge is 0.493 e. The molecule has 0 spiro atoms. The molecular formula is C24H32N2O4. The summed E-state index contributed by atoms with van der Waals surface area (Å²) in [6.45, 7) is 9.54. The highest BCUT2D eigenvalue weighted by Gasteiger charge is 2.63. The number of carbonyl (C=O) groups excluding carboxylic acids is 1. The van der Waals surface area contributed by atoms with Crippen molar-refractivity contribution in [1.82, 2.24) is 9.80 Å². The minimum Gasteiger partial charge on any atom is -0.493 e. The second-order valence-electron chi connectivity index (χ2n) is 10.00. The van der Waals surface area contributed by atoms with Crippen LogP contribution < -0.4 is 10.4 Å². The first-order valence-corrected chi connectivity index (χ1v) is 10.8. The van der Waals surface area contributed by atoms with Crippen molar-refractivity contribution in [1.29, 1.82) is 0 Å². The molecule has 2 aromatic rings. The summed E-state index contributed by atoms with van der Waals surface area (Å²) in [5, 5.41) is 0.729. The Bertz CT molecular complexity index is 1020. The standard InChI is InChI=1S/C24H32N2O4/c1-6-9-29-17-8-7-16-10-18(22(28)30-19(16)11-17)21(27)26-12-20-23(2,3)13-24(20,15-26)14-25(4)5/h7-8,10-11,20H,6,9,12-15H2,1-5H3/t20-,24+/m1/s1. The third kappa shape index (κ3) is 3.51. The summed E-state index contributed by atoms with van der Waals surface area (Å²) in [5.74, 6) is 0.887. The van der Waals surface area contributed by atoms with Crippen LogP contribution in [0.1, 0.15) is 44.0 Å². The molecule has 30 heavy (non-hydrogen) atoms. The van der Waals surface area contributed by atoms with Gasteiger partial charge in [0.2, 0.25) is 0 Å². The van der Waals surface area contributed by atoms with E-state index in [-0.39, 0.29) is 22.3 Å². The van der Waals surface area contributed by atoms with Gasteiger partial charge >= 0.3 is 5.63 Å². The van der Waals surface area contributed by atoms with Crippen molar-refractivity contribution in [3.05, 3.63) is 40.2 Å². The van der Waals surface area contributed by atoms with Gasteiger partial charge < -0.3 is 19.0 Å². The third-order valence-corrected chi connectivity index (χ3v) is 6.73. The number of amides is 1. The van der Waals surface area contributed by atoms with E-state index < -0.39 is 5.63 Å². The number of hydrogen-bond donors (Lipinski definition) is 0. The van der Waals surface area contributed by atoms with Crippen molar-refractivity contribution >= 4 is 16.9 Å². The highest BCUT2D eigenvalue weighted by Crippen LogP contribution is 2.62. The Hall–Kier alpha value is -2.34. The molecule has 6 nitrogen and oxygen atoms in total. The lowest BCUT2D eigenvalue weighted by Gasteiger charge is -2.57. The molecule has 0 radical (unpaired) electrons. The lowest BCUT2D eigenvalue weighted by Crippen LogP contribution is -2.57. The minimum absolute atomic E-state index is 0.115. The summed E-state index contributed by atoms with van der Waals surface area (Å²) in [5.41, 5.74) is 0.306.